The molecule has 0 spiro atoms. The third kappa shape index (κ3) is 3.39. The van der Waals surface area contributed by atoms with Crippen LogP contribution >= 0.6 is 0 Å². The molecule has 0 aliphatic heterocycles. The van der Waals surface area contributed by atoms with E-state index in [4.69, 9.17) is 0 Å². The summed E-state index contributed by atoms with van der Waals surface area (Å²) in [6.07, 6.45) is 9.92. The maximum absolute atomic E-state index is 12.0. The highest BCUT2D eigenvalue weighted by Gasteiger charge is 2.50. The van der Waals surface area contributed by atoms with Crippen molar-refractivity contribution >= 4 is 6.03 Å². The zero-order chi connectivity index (χ0) is 15.7. The van der Waals surface area contributed by atoms with Crippen LogP contribution in [0.3, 0.4) is 0 Å². The zero-order valence-corrected chi connectivity index (χ0v) is 13.9. The number of urea groups is 1. The van der Waals surface area contributed by atoms with E-state index in [0.29, 0.717) is 12.0 Å². The summed E-state index contributed by atoms with van der Waals surface area (Å²) in [5.74, 6) is 2.98. The number of carbonyl (C=O) groups excluding carboxylic acids is 1. The van der Waals surface area contributed by atoms with E-state index in [2.05, 4.69) is 10.6 Å². The topological polar surface area (TPSA) is 41.1 Å². The largest absolute Gasteiger partial charge is 0.338 e. The second-order valence-corrected chi connectivity index (χ2v) is 8.26. The Labute approximate surface area is 139 Å². The van der Waals surface area contributed by atoms with Gasteiger partial charge in [-0.2, -0.15) is 0 Å². The molecule has 0 aromatic heterocycles. The lowest BCUT2D eigenvalue weighted by molar-refractivity contribution is -0.0563. The fraction of sp³-hybridized carbons (Fsp3) is 0.650. The smallest absolute Gasteiger partial charge is 0.315 e. The minimum Gasteiger partial charge on any atom is -0.338 e. The quantitative estimate of drug-likeness (QED) is 0.844. The molecule has 1 aromatic carbocycles. The van der Waals surface area contributed by atoms with Crippen LogP contribution in [0, 0.1) is 23.2 Å². The van der Waals surface area contributed by atoms with Crippen molar-refractivity contribution < 1.29 is 4.79 Å². The molecule has 124 valence electrons. The van der Waals surface area contributed by atoms with Gasteiger partial charge in [0.25, 0.3) is 0 Å². The van der Waals surface area contributed by atoms with Crippen LogP contribution in [0.5, 0.6) is 0 Å². The normalized spacial score (nSPS) is 34.3. The van der Waals surface area contributed by atoms with Crippen LogP contribution in [0.25, 0.3) is 0 Å². The van der Waals surface area contributed by atoms with E-state index >= 15 is 0 Å². The second kappa shape index (κ2) is 6.18. The van der Waals surface area contributed by atoms with Gasteiger partial charge in [0.15, 0.2) is 0 Å². The van der Waals surface area contributed by atoms with Crippen LogP contribution in [-0.2, 0) is 6.54 Å². The fourth-order valence-corrected chi connectivity index (χ4v) is 5.88. The van der Waals surface area contributed by atoms with Crippen molar-refractivity contribution in [3.8, 4) is 0 Å². The van der Waals surface area contributed by atoms with E-state index in [1.807, 2.05) is 30.3 Å². The lowest BCUT2D eigenvalue weighted by atomic mass is 9.49. The number of hydrogen-bond acceptors (Lipinski definition) is 1. The summed E-state index contributed by atoms with van der Waals surface area (Å²) in [4.78, 5) is 12.0. The van der Waals surface area contributed by atoms with Gasteiger partial charge in [-0.3, -0.25) is 0 Å². The van der Waals surface area contributed by atoms with Gasteiger partial charge in [-0.05, 0) is 73.7 Å². The van der Waals surface area contributed by atoms with Crippen molar-refractivity contribution in [3.05, 3.63) is 35.9 Å². The molecule has 0 atom stereocenters. The van der Waals surface area contributed by atoms with E-state index < -0.39 is 0 Å². The van der Waals surface area contributed by atoms with E-state index in [1.54, 1.807) is 0 Å². The molecule has 23 heavy (non-hydrogen) atoms. The Hall–Kier alpha value is -1.51. The molecule has 4 aliphatic carbocycles. The van der Waals surface area contributed by atoms with Gasteiger partial charge in [0.2, 0.25) is 0 Å². The van der Waals surface area contributed by atoms with Crippen molar-refractivity contribution in [3.63, 3.8) is 0 Å². The number of amides is 2. The molecule has 0 saturated heterocycles. The summed E-state index contributed by atoms with van der Waals surface area (Å²) in [6.45, 7) is 1.43. The minimum absolute atomic E-state index is 0.0291. The Morgan fingerprint density at radius 2 is 1.57 bits per heavy atom. The van der Waals surface area contributed by atoms with Gasteiger partial charge in [0, 0.05) is 13.1 Å². The number of hydrogen-bond donors (Lipinski definition) is 2. The zero-order valence-electron chi connectivity index (χ0n) is 13.9. The Balaban J connectivity index is 1.22. The predicted molar refractivity (Wildman–Crippen MR) is 91.9 cm³/mol. The second-order valence-electron chi connectivity index (χ2n) is 8.26. The van der Waals surface area contributed by atoms with Crippen molar-refractivity contribution in [2.45, 2.75) is 51.5 Å². The highest BCUT2D eigenvalue weighted by atomic mass is 16.2. The van der Waals surface area contributed by atoms with E-state index in [0.717, 1.165) is 29.9 Å². The van der Waals surface area contributed by atoms with Gasteiger partial charge in [-0.25, -0.2) is 4.79 Å². The molecular weight excluding hydrogens is 284 g/mol. The first-order valence-electron chi connectivity index (χ1n) is 9.26. The first-order chi connectivity index (χ1) is 11.2. The molecule has 4 saturated carbocycles. The van der Waals surface area contributed by atoms with Gasteiger partial charge in [-0.1, -0.05) is 30.3 Å². The molecule has 3 nitrogen and oxygen atoms in total. The lowest BCUT2D eigenvalue weighted by Gasteiger charge is -2.57. The monoisotopic (exact) mass is 312 g/mol. The third-order valence-electron chi connectivity index (χ3n) is 6.40. The Morgan fingerprint density at radius 1 is 0.957 bits per heavy atom. The predicted octanol–water partition coefficient (Wildman–Crippen LogP) is 4.09. The van der Waals surface area contributed by atoms with E-state index in [9.17, 15) is 4.79 Å². The number of rotatable bonds is 5. The molecular formula is C20H28N2O. The van der Waals surface area contributed by atoms with Crippen LogP contribution in [-0.4, -0.2) is 12.6 Å². The highest BCUT2D eigenvalue weighted by molar-refractivity contribution is 5.73. The van der Waals surface area contributed by atoms with Crippen molar-refractivity contribution in [2.75, 3.05) is 6.54 Å². The van der Waals surface area contributed by atoms with Gasteiger partial charge in [0.1, 0.15) is 0 Å². The molecule has 4 fully saturated rings. The van der Waals surface area contributed by atoms with Crippen LogP contribution in [0.4, 0.5) is 4.79 Å². The van der Waals surface area contributed by atoms with Crippen molar-refractivity contribution in [1.82, 2.24) is 10.6 Å². The molecule has 3 heteroatoms. The summed E-state index contributed by atoms with van der Waals surface area (Å²) < 4.78 is 0. The van der Waals surface area contributed by atoms with Gasteiger partial charge >= 0.3 is 6.03 Å². The van der Waals surface area contributed by atoms with Crippen LogP contribution in [0.1, 0.15) is 50.5 Å². The average Bonchev–Trinajstić information content (AvgIpc) is 2.52. The summed E-state index contributed by atoms with van der Waals surface area (Å²) in [5.41, 5.74) is 1.70. The van der Waals surface area contributed by atoms with Gasteiger partial charge < -0.3 is 10.6 Å². The standard InChI is InChI=1S/C20H28N2O/c23-19(22-14-15-4-2-1-3-5-15)21-7-6-20-11-16-8-17(12-20)10-18(9-16)13-20/h1-5,16-18H,6-14H2,(H2,21,22,23). The molecule has 0 radical (unpaired) electrons. The van der Waals surface area contributed by atoms with Gasteiger partial charge in [-0.15, -0.1) is 0 Å². The molecule has 2 amide bonds. The summed E-state index contributed by atoms with van der Waals surface area (Å²) in [7, 11) is 0. The Morgan fingerprint density at radius 3 is 2.17 bits per heavy atom. The van der Waals surface area contributed by atoms with Crippen molar-refractivity contribution in [1.29, 1.82) is 0 Å². The average molecular weight is 312 g/mol. The molecule has 0 heterocycles. The first-order valence-corrected chi connectivity index (χ1v) is 9.26. The lowest BCUT2D eigenvalue weighted by Crippen LogP contribution is -2.47. The Kier molecular flexibility index (Phi) is 4.04. The van der Waals surface area contributed by atoms with Crippen LogP contribution in [0.2, 0.25) is 0 Å². The molecule has 0 unspecified atom stereocenters. The summed E-state index contributed by atoms with van der Waals surface area (Å²) >= 11 is 0. The van der Waals surface area contributed by atoms with E-state index in [1.165, 1.54) is 44.9 Å². The molecule has 1 aromatic rings. The Bertz CT molecular complexity index is 519. The van der Waals surface area contributed by atoms with Crippen LogP contribution < -0.4 is 10.6 Å². The van der Waals surface area contributed by atoms with Crippen LogP contribution in [0.15, 0.2) is 30.3 Å². The molecule has 5 rings (SSSR count). The van der Waals surface area contributed by atoms with Crippen molar-refractivity contribution in [2.24, 2.45) is 23.2 Å². The molecule has 4 bridgehead atoms. The number of carbonyl (C=O) groups is 1. The maximum Gasteiger partial charge on any atom is 0.315 e. The first kappa shape index (κ1) is 15.0. The minimum atomic E-state index is -0.0291. The summed E-state index contributed by atoms with van der Waals surface area (Å²) in [5, 5.41) is 6.04. The maximum atomic E-state index is 12.0. The molecule has 4 aliphatic rings. The summed E-state index contributed by atoms with van der Waals surface area (Å²) in [6, 6.07) is 10.0. The molecule has 2 N–H and O–H groups in total. The highest BCUT2D eigenvalue weighted by Crippen LogP contribution is 2.61. The van der Waals surface area contributed by atoms with Gasteiger partial charge in [0.05, 0.1) is 0 Å². The number of benzene rings is 1. The number of nitrogens with one attached hydrogen (secondary N) is 2. The van der Waals surface area contributed by atoms with E-state index in [-0.39, 0.29) is 6.03 Å². The fourth-order valence-electron chi connectivity index (χ4n) is 5.88. The SMILES string of the molecule is O=C(NCCC12CC3CC(CC(C3)C1)C2)NCc1ccccc1. The third-order valence-corrected chi connectivity index (χ3v) is 6.40.